The highest BCUT2D eigenvalue weighted by Gasteiger charge is 2.45. The summed E-state index contributed by atoms with van der Waals surface area (Å²) < 4.78 is 1.73. The molecular weight excluding hydrogens is 330 g/mol. The van der Waals surface area contributed by atoms with Crippen molar-refractivity contribution in [1.82, 2.24) is 19.6 Å². The Morgan fingerprint density at radius 3 is 2.35 bits per heavy atom. The van der Waals surface area contributed by atoms with Gasteiger partial charge in [0.05, 0.1) is 0 Å². The molecule has 2 fully saturated rings. The van der Waals surface area contributed by atoms with Gasteiger partial charge in [-0.15, -0.1) is 0 Å². The van der Waals surface area contributed by atoms with Crippen LogP contribution < -0.4 is 5.32 Å². The summed E-state index contributed by atoms with van der Waals surface area (Å²) in [6, 6.07) is 1.90. The molecule has 7 nitrogen and oxygen atoms in total. The van der Waals surface area contributed by atoms with Gasteiger partial charge in [0.25, 0.3) is 0 Å². The molecule has 3 rings (SSSR count). The number of aryl methyl sites for hydroxylation is 1. The minimum absolute atomic E-state index is 0.164. The minimum Gasteiger partial charge on any atom is -0.354 e. The lowest BCUT2D eigenvalue weighted by Crippen LogP contribution is -2.59. The lowest BCUT2D eigenvalue weighted by atomic mass is 9.85. The molecule has 0 bridgehead atoms. The maximum absolute atomic E-state index is 13.3. The first-order valence-corrected chi connectivity index (χ1v) is 9.75. The van der Waals surface area contributed by atoms with Gasteiger partial charge in [-0.25, -0.2) is 0 Å². The van der Waals surface area contributed by atoms with Gasteiger partial charge in [-0.3, -0.25) is 14.3 Å². The number of aromatic nitrogens is 2. The Morgan fingerprint density at radius 1 is 1.15 bits per heavy atom. The Labute approximate surface area is 155 Å². The highest BCUT2D eigenvalue weighted by Crippen LogP contribution is 2.30. The molecule has 3 heterocycles. The summed E-state index contributed by atoms with van der Waals surface area (Å²) in [5.74, 6) is 1.44. The van der Waals surface area contributed by atoms with Crippen LogP contribution in [0.4, 0.5) is 5.82 Å². The van der Waals surface area contributed by atoms with E-state index in [0.29, 0.717) is 38.3 Å². The average molecular weight is 361 g/mol. The second-order valence-electron chi connectivity index (χ2n) is 8.06. The van der Waals surface area contributed by atoms with Crippen LogP contribution >= 0.6 is 0 Å². The molecule has 0 atom stereocenters. The maximum Gasteiger partial charge on any atom is 0.248 e. The number of nitrogens with one attached hydrogen (secondary N) is 1. The molecule has 0 aliphatic carbocycles. The predicted molar refractivity (Wildman–Crippen MR) is 101 cm³/mol. The van der Waals surface area contributed by atoms with Crippen molar-refractivity contribution in [3.8, 4) is 0 Å². The third-order valence-electron chi connectivity index (χ3n) is 5.44. The van der Waals surface area contributed by atoms with Crippen LogP contribution in [-0.4, -0.2) is 63.1 Å². The Morgan fingerprint density at radius 2 is 1.81 bits per heavy atom. The topological polar surface area (TPSA) is 70.5 Å². The number of carbonyl (C=O) groups excluding carboxylic acids is 2. The van der Waals surface area contributed by atoms with Crippen LogP contribution in [0.2, 0.25) is 0 Å². The number of hydrogen-bond acceptors (Lipinski definition) is 4. The number of carbonyl (C=O) groups is 2. The van der Waals surface area contributed by atoms with E-state index in [-0.39, 0.29) is 11.8 Å². The summed E-state index contributed by atoms with van der Waals surface area (Å²) in [5.41, 5.74) is -0.659. The van der Waals surface area contributed by atoms with Crippen molar-refractivity contribution in [2.75, 3.05) is 31.5 Å². The van der Waals surface area contributed by atoms with Gasteiger partial charge >= 0.3 is 0 Å². The molecule has 0 spiro atoms. The fourth-order valence-electron chi connectivity index (χ4n) is 3.96. The Bertz CT molecular complexity index is 640. The van der Waals surface area contributed by atoms with Crippen LogP contribution in [0.3, 0.4) is 0 Å². The van der Waals surface area contributed by atoms with Crippen LogP contribution in [0.15, 0.2) is 12.3 Å². The second kappa shape index (κ2) is 7.68. The molecule has 1 aromatic rings. The first kappa shape index (κ1) is 18.7. The zero-order valence-electron chi connectivity index (χ0n) is 16.2. The van der Waals surface area contributed by atoms with E-state index < -0.39 is 5.54 Å². The van der Waals surface area contributed by atoms with E-state index in [1.54, 1.807) is 4.68 Å². The lowest BCUT2D eigenvalue weighted by Gasteiger charge is -2.43. The molecule has 0 aromatic carbocycles. The van der Waals surface area contributed by atoms with Gasteiger partial charge in [0.15, 0.2) is 0 Å². The highest BCUT2D eigenvalue weighted by atomic mass is 16.2. The maximum atomic E-state index is 13.3. The van der Waals surface area contributed by atoms with E-state index >= 15 is 0 Å². The summed E-state index contributed by atoms with van der Waals surface area (Å²) in [7, 11) is 1.87. The number of nitrogens with zero attached hydrogens (tertiary/aromatic N) is 4. The number of rotatable bonds is 5. The van der Waals surface area contributed by atoms with Gasteiger partial charge in [-0.05, 0) is 31.6 Å². The Kier molecular flexibility index (Phi) is 5.53. The molecular formula is C19H31N5O2. The van der Waals surface area contributed by atoms with Crippen molar-refractivity contribution >= 4 is 17.6 Å². The molecule has 2 aliphatic rings. The number of hydrogen-bond donors (Lipinski definition) is 1. The number of anilines is 1. The van der Waals surface area contributed by atoms with E-state index in [2.05, 4.69) is 24.3 Å². The standard InChI is InChI=1S/C19H31N5O2/c1-15(2)14-17(25)23-12-7-19(8-13-23,18(26)24-9-4-5-10-24)20-16-6-11-22(3)21-16/h6,11,15H,4-5,7-10,12-14H2,1-3H3,(H,20,21). The monoisotopic (exact) mass is 361 g/mol. The molecule has 0 saturated carbocycles. The van der Waals surface area contributed by atoms with Crippen molar-refractivity contribution < 1.29 is 9.59 Å². The van der Waals surface area contributed by atoms with Crippen molar-refractivity contribution in [2.45, 2.75) is 51.5 Å². The molecule has 2 saturated heterocycles. The SMILES string of the molecule is CC(C)CC(=O)N1CCC(Nc2ccn(C)n2)(C(=O)N2CCCC2)CC1. The van der Waals surface area contributed by atoms with Crippen LogP contribution in [0.5, 0.6) is 0 Å². The highest BCUT2D eigenvalue weighted by molar-refractivity contribution is 5.90. The summed E-state index contributed by atoms with van der Waals surface area (Å²) in [6.45, 7) is 7.02. The molecule has 2 aliphatic heterocycles. The van der Waals surface area contributed by atoms with Gasteiger partial charge in [-0.2, -0.15) is 5.10 Å². The van der Waals surface area contributed by atoms with Crippen molar-refractivity contribution in [1.29, 1.82) is 0 Å². The van der Waals surface area contributed by atoms with Crippen molar-refractivity contribution in [3.63, 3.8) is 0 Å². The van der Waals surface area contributed by atoms with E-state index in [4.69, 9.17) is 0 Å². The van der Waals surface area contributed by atoms with Crippen LogP contribution in [0.25, 0.3) is 0 Å². The fraction of sp³-hybridized carbons (Fsp3) is 0.737. The Balaban J connectivity index is 1.74. The fourth-order valence-corrected chi connectivity index (χ4v) is 3.96. The second-order valence-corrected chi connectivity index (χ2v) is 8.06. The first-order chi connectivity index (χ1) is 12.4. The summed E-state index contributed by atoms with van der Waals surface area (Å²) >= 11 is 0. The number of amides is 2. The largest absolute Gasteiger partial charge is 0.354 e. The molecule has 1 aromatic heterocycles. The molecule has 7 heteroatoms. The number of piperidine rings is 1. The molecule has 0 radical (unpaired) electrons. The van der Waals surface area contributed by atoms with E-state index in [9.17, 15) is 9.59 Å². The van der Waals surface area contributed by atoms with E-state index in [1.807, 2.05) is 29.1 Å². The van der Waals surface area contributed by atoms with Gasteiger partial charge in [-0.1, -0.05) is 13.8 Å². The van der Waals surface area contributed by atoms with Crippen LogP contribution in [0.1, 0.15) is 46.0 Å². The first-order valence-electron chi connectivity index (χ1n) is 9.75. The normalized spacial score (nSPS) is 19.8. The molecule has 0 unspecified atom stereocenters. The smallest absolute Gasteiger partial charge is 0.248 e. The molecule has 144 valence electrons. The third kappa shape index (κ3) is 4.02. The van der Waals surface area contributed by atoms with Crippen LogP contribution in [-0.2, 0) is 16.6 Å². The Hall–Kier alpha value is -2.05. The molecule has 1 N–H and O–H groups in total. The molecule has 26 heavy (non-hydrogen) atoms. The lowest BCUT2D eigenvalue weighted by molar-refractivity contribution is -0.141. The minimum atomic E-state index is -0.659. The van der Waals surface area contributed by atoms with Gasteiger partial charge in [0.2, 0.25) is 11.8 Å². The van der Waals surface area contributed by atoms with Crippen molar-refractivity contribution in [3.05, 3.63) is 12.3 Å². The van der Waals surface area contributed by atoms with Crippen molar-refractivity contribution in [2.24, 2.45) is 13.0 Å². The van der Waals surface area contributed by atoms with E-state index in [1.165, 1.54) is 0 Å². The number of likely N-dealkylation sites (tertiary alicyclic amines) is 2. The van der Waals surface area contributed by atoms with Gasteiger partial charge < -0.3 is 15.1 Å². The average Bonchev–Trinajstić information content (AvgIpc) is 3.26. The summed E-state index contributed by atoms with van der Waals surface area (Å²) in [5, 5.41) is 7.84. The summed E-state index contributed by atoms with van der Waals surface area (Å²) in [4.78, 5) is 29.6. The zero-order chi connectivity index (χ0) is 18.7. The van der Waals surface area contributed by atoms with Gasteiger partial charge in [0, 0.05) is 51.9 Å². The predicted octanol–water partition coefficient (Wildman–Crippen LogP) is 1.86. The third-order valence-corrected chi connectivity index (χ3v) is 5.44. The zero-order valence-corrected chi connectivity index (χ0v) is 16.2. The quantitative estimate of drug-likeness (QED) is 0.869. The van der Waals surface area contributed by atoms with Gasteiger partial charge in [0.1, 0.15) is 11.4 Å². The molecule has 2 amide bonds. The van der Waals surface area contributed by atoms with E-state index in [0.717, 1.165) is 31.7 Å². The van der Waals surface area contributed by atoms with Crippen LogP contribution in [0, 0.1) is 5.92 Å². The summed E-state index contributed by atoms with van der Waals surface area (Å²) in [6.07, 6.45) is 5.85.